The van der Waals surface area contributed by atoms with Gasteiger partial charge in [0, 0.05) is 23.0 Å². The van der Waals surface area contributed by atoms with E-state index >= 15 is 0 Å². The number of ether oxygens (including phenoxy) is 1. The molecule has 1 aromatic rings. The van der Waals surface area contributed by atoms with Gasteiger partial charge in [-0.25, -0.2) is 0 Å². The second kappa shape index (κ2) is 9.75. The first-order chi connectivity index (χ1) is 17.2. The molecule has 2 spiro atoms. The molecule has 8 nitrogen and oxygen atoms in total. The fourth-order valence-electron chi connectivity index (χ4n) is 5.86. The highest BCUT2D eigenvalue weighted by Gasteiger charge is 2.52. The van der Waals surface area contributed by atoms with Crippen molar-refractivity contribution in [1.82, 2.24) is 15.5 Å². The van der Waals surface area contributed by atoms with Gasteiger partial charge in [0.25, 0.3) is 5.91 Å². The van der Waals surface area contributed by atoms with E-state index in [0.717, 1.165) is 44.9 Å². The van der Waals surface area contributed by atoms with Crippen LogP contribution in [0.1, 0.15) is 57.8 Å². The molecule has 10 heteroatoms. The van der Waals surface area contributed by atoms with Crippen molar-refractivity contribution in [3.8, 4) is 11.8 Å². The fourth-order valence-corrected chi connectivity index (χ4v) is 6.32. The van der Waals surface area contributed by atoms with Crippen LogP contribution in [0.25, 0.3) is 0 Å². The molecule has 2 saturated heterocycles. The number of carbonyl (C=O) groups excluding carboxylic acids is 3. The number of benzene rings is 1. The quantitative estimate of drug-likeness (QED) is 0.557. The van der Waals surface area contributed by atoms with E-state index in [1.807, 2.05) is 0 Å². The average Bonchev–Trinajstić information content (AvgIpc) is 3.42. The van der Waals surface area contributed by atoms with Crippen molar-refractivity contribution in [1.29, 1.82) is 5.26 Å². The van der Waals surface area contributed by atoms with Crippen molar-refractivity contribution >= 4 is 40.9 Å². The summed E-state index contributed by atoms with van der Waals surface area (Å²) in [6.45, 7) is 0.235. The summed E-state index contributed by atoms with van der Waals surface area (Å²) in [5.74, 6) is -0.635. The van der Waals surface area contributed by atoms with Gasteiger partial charge < -0.3 is 20.3 Å². The van der Waals surface area contributed by atoms with Gasteiger partial charge in [-0.3, -0.25) is 14.4 Å². The number of carbonyl (C=O) groups is 3. The molecule has 4 aliphatic rings. The van der Waals surface area contributed by atoms with E-state index in [4.69, 9.17) is 27.9 Å². The predicted octanol–water partition coefficient (Wildman–Crippen LogP) is 3.60. The van der Waals surface area contributed by atoms with Crippen LogP contribution in [-0.2, 0) is 14.4 Å². The van der Waals surface area contributed by atoms with Gasteiger partial charge in [-0.15, -0.1) is 0 Å². The molecule has 2 N–H and O–H groups in total. The summed E-state index contributed by atoms with van der Waals surface area (Å²) in [6, 6.07) is 5.45. The van der Waals surface area contributed by atoms with Gasteiger partial charge in [0.2, 0.25) is 11.8 Å². The van der Waals surface area contributed by atoms with E-state index in [0.29, 0.717) is 28.8 Å². The van der Waals surface area contributed by atoms with E-state index in [1.165, 1.54) is 6.07 Å². The van der Waals surface area contributed by atoms with Crippen LogP contribution >= 0.6 is 23.2 Å². The maximum atomic E-state index is 13.3. The standard InChI is InChI=1S/C26H30Cl2N4O4/c27-17-2-3-21(19(28)11-17)36-14-22(33)32-15-25(5-1-6-25)12-20(32)24(35)30-18(13-29)10-16-4-7-26(8-9-26)31-23(16)34/h2-3,11,16,18,20H,1,4-10,12,14-15H2,(H,30,35)(H,31,34)/t16-,18-,20-/m0/s1. The highest BCUT2D eigenvalue weighted by Crippen LogP contribution is 2.50. The lowest BCUT2D eigenvalue weighted by molar-refractivity contribution is -0.140. The van der Waals surface area contributed by atoms with Crippen LogP contribution in [-0.4, -0.2) is 53.4 Å². The molecular formula is C26H30Cl2N4O4. The summed E-state index contributed by atoms with van der Waals surface area (Å²) < 4.78 is 5.64. The van der Waals surface area contributed by atoms with Crippen LogP contribution in [0, 0.1) is 22.7 Å². The predicted molar refractivity (Wildman–Crippen MR) is 133 cm³/mol. The molecule has 1 aromatic carbocycles. The molecule has 2 heterocycles. The van der Waals surface area contributed by atoms with Gasteiger partial charge in [-0.1, -0.05) is 29.6 Å². The maximum absolute atomic E-state index is 13.3. The summed E-state index contributed by atoms with van der Waals surface area (Å²) in [5.41, 5.74) is -0.0708. The molecule has 5 rings (SSSR count). The van der Waals surface area contributed by atoms with Gasteiger partial charge in [-0.2, -0.15) is 5.26 Å². The number of piperidine rings is 1. The summed E-state index contributed by atoms with van der Waals surface area (Å²) in [6.07, 6.45) is 7.53. The molecule has 192 valence electrons. The number of amides is 3. The van der Waals surface area contributed by atoms with Gasteiger partial charge >= 0.3 is 0 Å². The van der Waals surface area contributed by atoms with Crippen LogP contribution in [0.15, 0.2) is 18.2 Å². The van der Waals surface area contributed by atoms with Gasteiger partial charge in [0.15, 0.2) is 6.61 Å². The van der Waals surface area contributed by atoms with Gasteiger partial charge in [0.05, 0.1) is 11.1 Å². The summed E-state index contributed by atoms with van der Waals surface area (Å²) in [4.78, 5) is 40.6. The fraction of sp³-hybridized carbons (Fsp3) is 0.615. The van der Waals surface area contributed by atoms with E-state index in [1.54, 1.807) is 17.0 Å². The monoisotopic (exact) mass is 532 g/mol. The van der Waals surface area contributed by atoms with Crippen LogP contribution in [0.3, 0.4) is 0 Å². The van der Waals surface area contributed by atoms with Crippen molar-refractivity contribution in [2.75, 3.05) is 13.2 Å². The second-order valence-electron chi connectivity index (χ2n) is 10.9. The van der Waals surface area contributed by atoms with E-state index < -0.39 is 12.1 Å². The van der Waals surface area contributed by atoms with Crippen molar-refractivity contribution in [2.24, 2.45) is 11.3 Å². The van der Waals surface area contributed by atoms with Crippen molar-refractivity contribution < 1.29 is 19.1 Å². The topological polar surface area (TPSA) is 112 Å². The number of likely N-dealkylation sites (tertiary alicyclic amines) is 1. The second-order valence-corrected chi connectivity index (χ2v) is 11.7. The highest BCUT2D eigenvalue weighted by atomic mass is 35.5. The number of nitriles is 1. The smallest absolute Gasteiger partial charge is 0.261 e. The number of hydrogen-bond donors (Lipinski definition) is 2. The molecule has 0 radical (unpaired) electrons. The van der Waals surface area contributed by atoms with Crippen LogP contribution in [0.4, 0.5) is 0 Å². The lowest BCUT2D eigenvalue weighted by Gasteiger charge is -2.37. The zero-order chi connectivity index (χ0) is 25.5. The minimum atomic E-state index is -0.791. The van der Waals surface area contributed by atoms with Crippen LogP contribution in [0.5, 0.6) is 5.75 Å². The van der Waals surface area contributed by atoms with Crippen LogP contribution in [0.2, 0.25) is 10.0 Å². The average molecular weight is 533 g/mol. The lowest BCUT2D eigenvalue weighted by Crippen LogP contribution is -2.51. The molecule has 3 atom stereocenters. The van der Waals surface area contributed by atoms with Gasteiger partial charge in [-0.05, 0) is 75.0 Å². The Labute approximate surface area is 220 Å². The third kappa shape index (κ3) is 5.14. The Morgan fingerprint density at radius 2 is 2.03 bits per heavy atom. The number of rotatable bonds is 7. The number of hydrogen-bond acceptors (Lipinski definition) is 5. The van der Waals surface area contributed by atoms with E-state index in [9.17, 15) is 19.6 Å². The van der Waals surface area contributed by atoms with Crippen molar-refractivity contribution in [2.45, 2.75) is 75.4 Å². The van der Waals surface area contributed by atoms with Crippen molar-refractivity contribution in [3.05, 3.63) is 28.2 Å². The number of nitrogens with zero attached hydrogens (tertiary/aromatic N) is 2. The third-order valence-corrected chi connectivity index (χ3v) is 8.90. The molecule has 2 saturated carbocycles. The Bertz CT molecular complexity index is 1110. The first-order valence-electron chi connectivity index (χ1n) is 12.6. The minimum absolute atomic E-state index is 0.0148. The zero-order valence-electron chi connectivity index (χ0n) is 20.0. The Hall–Kier alpha value is -2.50. The summed E-state index contributed by atoms with van der Waals surface area (Å²) in [5, 5.41) is 16.4. The molecule has 0 bridgehead atoms. The molecule has 36 heavy (non-hydrogen) atoms. The van der Waals surface area contributed by atoms with Gasteiger partial charge in [0.1, 0.15) is 17.8 Å². The maximum Gasteiger partial charge on any atom is 0.261 e. The normalized spacial score (nSPS) is 26.0. The molecule has 0 aromatic heterocycles. The SMILES string of the molecule is N#C[C@H](C[C@@H]1CCC2(CC2)NC1=O)NC(=O)[C@@H]1CC2(CCC2)CN1C(=O)COc1ccc(Cl)cc1Cl. The molecule has 2 aliphatic carbocycles. The number of nitrogens with one attached hydrogen (secondary N) is 2. The first-order valence-corrected chi connectivity index (χ1v) is 13.4. The van der Waals surface area contributed by atoms with Crippen molar-refractivity contribution in [3.63, 3.8) is 0 Å². The largest absolute Gasteiger partial charge is 0.482 e. The minimum Gasteiger partial charge on any atom is -0.482 e. The molecule has 2 aliphatic heterocycles. The Kier molecular flexibility index (Phi) is 6.82. The Balaban J connectivity index is 1.21. The number of halogens is 2. The zero-order valence-corrected chi connectivity index (χ0v) is 21.5. The highest BCUT2D eigenvalue weighted by molar-refractivity contribution is 6.35. The lowest BCUT2D eigenvalue weighted by atomic mass is 9.67. The Morgan fingerprint density at radius 1 is 1.25 bits per heavy atom. The Morgan fingerprint density at radius 3 is 2.64 bits per heavy atom. The van der Waals surface area contributed by atoms with E-state index in [-0.39, 0.29) is 47.6 Å². The molecule has 3 amide bonds. The summed E-state index contributed by atoms with van der Waals surface area (Å²) >= 11 is 12.1. The van der Waals surface area contributed by atoms with E-state index in [2.05, 4.69) is 16.7 Å². The molecule has 0 unspecified atom stereocenters. The molecular weight excluding hydrogens is 503 g/mol. The third-order valence-electron chi connectivity index (χ3n) is 8.37. The first kappa shape index (κ1) is 25.2. The summed E-state index contributed by atoms with van der Waals surface area (Å²) in [7, 11) is 0. The van der Waals surface area contributed by atoms with Crippen LogP contribution < -0.4 is 15.4 Å². The molecule has 4 fully saturated rings.